The van der Waals surface area contributed by atoms with Gasteiger partial charge in [0.1, 0.15) is 11.5 Å². The molecule has 2 aromatic heterocycles. The number of aromatic hydroxyl groups is 2. The predicted octanol–water partition coefficient (Wildman–Crippen LogP) is 4.56. The lowest BCUT2D eigenvalue weighted by atomic mass is 10.1. The molecular formula is C41H47N15O4. The normalized spacial score (nSPS) is 10.7. The van der Waals surface area contributed by atoms with E-state index in [4.69, 9.17) is 0 Å². The average Bonchev–Trinajstić information content (AvgIpc) is 3.25. The van der Waals surface area contributed by atoms with Gasteiger partial charge in [0.05, 0.1) is 0 Å². The van der Waals surface area contributed by atoms with Crippen LogP contribution >= 0.6 is 0 Å². The van der Waals surface area contributed by atoms with Crippen molar-refractivity contribution in [1.29, 1.82) is 0 Å². The van der Waals surface area contributed by atoms with Gasteiger partial charge in [-0.15, -0.1) is 0 Å². The summed E-state index contributed by atoms with van der Waals surface area (Å²) in [7, 11) is 1.81. The summed E-state index contributed by atoms with van der Waals surface area (Å²) in [6.07, 6.45) is 1.58. The Morgan fingerprint density at radius 1 is 0.500 bits per heavy atom. The molecule has 0 aliphatic carbocycles. The van der Waals surface area contributed by atoms with Crippen molar-refractivity contribution in [2.24, 2.45) is 0 Å². The van der Waals surface area contributed by atoms with Crippen molar-refractivity contribution in [3.63, 3.8) is 0 Å². The number of hydrazine groups is 2. The maximum Gasteiger partial charge on any atom is 0.248 e. The van der Waals surface area contributed by atoms with Crippen LogP contribution < -0.4 is 43.0 Å². The highest BCUT2D eigenvalue weighted by atomic mass is 16.3. The molecule has 0 bridgehead atoms. The predicted molar refractivity (Wildman–Crippen MR) is 230 cm³/mol. The number of amides is 2. The number of anilines is 8. The quantitative estimate of drug-likeness (QED) is 0.0422. The number of nitrogens with zero attached hydrogens (tertiary/aromatic N) is 7. The van der Waals surface area contributed by atoms with Crippen molar-refractivity contribution >= 4 is 58.9 Å². The zero-order valence-corrected chi connectivity index (χ0v) is 32.9. The molecule has 2 amide bonds. The highest BCUT2D eigenvalue weighted by molar-refractivity contribution is 5.78. The molecule has 2 heterocycles. The van der Waals surface area contributed by atoms with Gasteiger partial charge >= 0.3 is 0 Å². The standard InChI is InChI=1S/C41H47N15O4/c1-56(26-22-34(59)52-54-40-48-36(42-24-20-28-12-16-32(57)17-13-28)46-38(50-40)44-30-8-4-2-5-9-30)27-23-35(60)53-55-41-49-37(43-25-21-29-14-18-33(58)19-15-29)47-39(51-41)45-31-10-6-3-7-11-31/h2-19,57-58H,20-27H2,1H3,(H,52,59)(H,53,60)(H3,42,44,46,48,50,54)(H3,43,45,47,49,51,55). The Labute approximate surface area is 346 Å². The van der Waals surface area contributed by atoms with Gasteiger partial charge in [-0.1, -0.05) is 60.7 Å². The minimum Gasteiger partial charge on any atom is -0.508 e. The molecule has 0 saturated heterocycles. The number of hydrogen-bond acceptors (Lipinski definition) is 17. The number of rotatable bonds is 22. The Bertz CT molecular complexity index is 2110. The molecule has 310 valence electrons. The Morgan fingerprint density at radius 2 is 0.867 bits per heavy atom. The highest BCUT2D eigenvalue weighted by Crippen LogP contribution is 2.18. The molecule has 0 aliphatic heterocycles. The van der Waals surface area contributed by atoms with Gasteiger partial charge in [-0.2, -0.15) is 29.9 Å². The fourth-order valence-electron chi connectivity index (χ4n) is 5.47. The SMILES string of the molecule is CN(CCC(=O)NNc1nc(NCCc2ccc(O)cc2)nc(Nc2ccccc2)n1)CCC(=O)NNc1nc(NCCc2ccc(O)cc2)nc(Nc2ccccc2)n1. The molecule has 6 aromatic rings. The molecule has 0 unspecified atom stereocenters. The van der Waals surface area contributed by atoms with Crippen molar-refractivity contribution in [3.8, 4) is 11.5 Å². The van der Waals surface area contributed by atoms with Gasteiger partial charge in [0.15, 0.2) is 0 Å². The molecule has 0 aliphatic rings. The zero-order valence-electron chi connectivity index (χ0n) is 32.9. The van der Waals surface area contributed by atoms with E-state index in [-0.39, 0.29) is 59.9 Å². The molecule has 0 saturated carbocycles. The van der Waals surface area contributed by atoms with Crippen LogP contribution in [0.5, 0.6) is 11.5 Å². The number of benzene rings is 4. The van der Waals surface area contributed by atoms with E-state index in [2.05, 4.69) is 72.9 Å². The lowest BCUT2D eigenvalue weighted by molar-refractivity contribution is -0.120. The van der Waals surface area contributed by atoms with Gasteiger partial charge in [0, 0.05) is 50.4 Å². The monoisotopic (exact) mass is 813 g/mol. The van der Waals surface area contributed by atoms with Crippen LogP contribution in [0.4, 0.5) is 47.1 Å². The smallest absolute Gasteiger partial charge is 0.248 e. The summed E-state index contributed by atoms with van der Waals surface area (Å²) in [5.74, 6) is 1.17. The van der Waals surface area contributed by atoms with Crippen LogP contribution in [-0.4, -0.2) is 90.1 Å². The minimum atomic E-state index is -0.310. The van der Waals surface area contributed by atoms with Gasteiger partial charge in [0.2, 0.25) is 47.5 Å². The molecule has 10 N–H and O–H groups in total. The van der Waals surface area contributed by atoms with E-state index in [1.807, 2.05) is 96.9 Å². The molecule has 19 heteroatoms. The first-order valence-electron chi connectivity index (χ1n) is 19.2. The average molecular weight is 814 g/mol. The van der Waals surface area contributed by atoms with Crippen molar-refractivity contribution in [1.82, 2.24) is 45.7 Å². The Balaban J connectivity index is 0.950. The second kappa shape index (κ2) is 21.6. The molecule has 4 aromatic carbocycles. The molecule has 6 rings (SSSR count). The van der Waals surface area contributed by atoms with Crippen LogP contribution in [0.15, 0.2) is 109 Å². The minimum absolute atomic E-state index is 0.125. The fraction of sp³-hybridized carbons (Fsp3) is 0.220. The molecule has 0 atom stereocenters. The maximum absolute atomic E-state index is 12.8. The van der Waals surface area contributed by atoms with Crippen LogP contribution in [0.3, 0.4) is 0 Å². The van der Waals surface area contributed by atoms with E-state index >= 15 is 0 Å². The van der Waals surface area contributed by atoms with Gasteiger partial charge < -0.3 is 36.4 Å². The molecule has 19 nitrogen and oxygen atoms in total. The summed E-state index contributed by atoms with van der Waals surface area (Å²) in [5.41, 5.74) is 14.4. The van der Waals surface area contributed by atoms with Crippen molar-refractivity contribution in [2.75, 3.05) is 65.3 Å². The summed E-state index contributed by atoms with van der Waals surface area (Å²) in [6.45, 7) is 1.77. The van der Waals surface area contributed by atoms with Crippen LogP contribution in [0.25, 0.3) is 0 Å². The third-order valence-electron chi connectivity index (χ3n) is 8.67. The van der Waals surface area contributed by atoms with Crippen molar-refractivity contribution in [3.05, 3.63) is 120 Å². The molecule has 0 spiro atoms. The van der Waals surface area contributed by atoms with E-state index in [0.29, 0.717) is 50.9 Å². The topological polar surface area (TPSA) is 251 Å². The third-order valence-corrected chi connectivity index (χ3v) is 8.67. The van der Waals surface area contributed by atoms with Crippen LogP contribution in [0, 0.1) is 0 Å². The van der Waals surface area contributed by atoms with E-state index in [1.165, 1.54) is 0 Å². The number of carbonyl (C=O) groups excluding carboxylic acids is 2. The van der Waals surface area contributed by atoms with Crippen molar-refractivity contribution < 1.29 is 19.8 Å². The third kappa shape index (κ3) is 14.3. The Hall–Kier alpha value is -7.80. The van der Waals surface area contributed by atoms with E-state index in [0.717, 1.165) is 22.5 Å². The summed E-state index contributed by atoms with van der Waals surface area (Å²) < 4.78 is 0. The van der Waals surface area contributed by atoms with Crippen LogP contribution in [-0.2, 0) is 22.4 Å². The fourth-order valence-corrected chi connectivity index (χ4v) is 5.47. The molecule has 0 radical (unpaired) electrons. The first kappa shape index (κ1) is 41.8. The molecular weight excluding hydrogens is 767 g/mol. The maximum atomic E-state index is 12.8. The first-order valence-corrected chi connectivity index (χ1v) is 19.2. The number of phenols is 2. The second-order valence-electron chi connectivity index (χ2n) is 13.4. The lowest BCUT2D eigenvalue weighted by Crippen LogP contribution is -2.36. The largest absolute Gasteiger partial charge is 0.508 e. The first-order chi connectivity index (χ1) is 29.2. The van der Waals surface area contributed by atoms with Crippen LogP contribution in [0.1, 0.15) is 24.0 Å². The number of hydrogen-bond donors (Lipinski definition) is 10. The van der Waals surface area contributed by atoms with E-state index in [9.17, 15) is 19.8 Å². The molecule has 0 fully saturated rings. The number of aromatic nitrogens is 6. The second-order valence-corrected chi connectivity index (χ2v) is 13.4. The van der Waals surface area contributed by atoms with E-state index in [1.54, 1.807) is 24.3 Å². The molecule has 60 heavy (non-hydrogen) atoms. The summed E-state index contributed by atoms with van der Waals surface area (Å²) in [5, 5.41) is 31.8. The Morgan fingerprint density at radius 3 is 1.27 bits per heavy atom. The number of phenolic OH excluding ortho intramolecular Hbond substituents is 2. The summed E-state index contributed by atoms with van der Waals surface area (Å²) >= 11 is 0. The summed E-state index contributed by atoms with van der Waals surface area (Å²) in [6, 6.07) is 32.8. The van der Waals surface area contributed by atoms with Gasteiger partial charge in [-0.05, 0) is 79.5 Å². The Kier molecular flexibility index (Phi) is 15.1. The van der Waals surface area contributed by atoms with Crippen LogP contribution in [0.2, 0.25) is 0 Å². The van der Waals surface area contributed by atoms with Gasteiger partial charge in [-0.3, -0.25) is 31.3 Å². The lowest BCUT2D eigenvalue weighted by Gasteiger charge is -2.17. The van der Waals surface area contributed by atoms with E-state index < -0.39 is 0 Å². The van der Waals surface area contributed by atoms with Gasteiger partial charge in [-0.25, -0.2) is 0 Å². The number of nitrogens with one attached hydrogen (secondary N) is 8. The van der Waals surface area contributed by atoms with Crippen molar-refractivity contribution in [2.45, 2.75) is 25.7 Å². The highest BCUT2D eigenvalue weighted by Gasteiger charge is 2.12. The zero-order chi connectivity index (χ0) is 41.9. The number of carbonyl (C=O) groups is 2. The number of para-hydroxylation sites is 2. The van der Waals surface area contributed by atoms with Gasteiger partial charge in [0.25, 0.3) is 0 Å². The summed E-state index contributed by atoms with van der Waals surface area (Å²) in [4.78, 5) is 54.0.